The fraction of sp³-hybridized carbons (Fsp3) is 0.100. The Balaban J connectivity index is 2.91. The van der Waals surface area contributed by atoms with Gasteiger partial charge in [0, 0.05) is 16.9 Å². The molecule has 5 heteroatoms. The monoisotopic (exact) mass is 269 g/mol. The molecule has 0 bridgehead atoms. The molecular formula is C10H9BrFN3. The predicted molar refractivity (Wildman–Crippen MR) is 63.4 cm³/mol. The van der Waals surface area contributed by atoms with Gasteiger partial charge in [0.25, 0.3) is 0 Å². The molecular weight excluding hydrogens is 261 g/mol. The Kier molecular flexibility index (Phi) is 2.48. The number of rotatable bonds is 1. The van der Waals surface area contributed by atoms with E-state index in [0.29, 0.717) is 26.8 Å². The van der Waals surface area contributed by atoms with E-state index in [0.717, 1.165) is 0 Å². The zero-order chi connectivity index (χ0) is 11.0. The summed E-state index contributed by atoms with van der Waals surface area (Å²) in [5.41, 5.74) is 7.62. The van der Waals surface area contributed by atoms with E-state index in [4.69, 9.17) is 5.73 Å². The molecule has 0 fully saturated rings. The molecule has 0 spiro atoms. The van der Waals surface area contributed by atoms with E-state index in [1.165, 1.54) is 12.1 Å². The Morgan fingerprint density at radius 1 is 1.47 bits per heavy atom. The first kappa shape index (κ1) is 10.2. The number of aromatic nitrogens is 1. The molecule has 0 aliphatic rings. The molecule has 2 rings (SSSR count). The number of benzene rings is 1. The summed E-state index contributed by atoms with van der Waals surface area (Å²) in [5, 5.41) is 3.61. The van der Waals surface area contributed by atoms with E-state index in [-0.39, 0.29) is 5.82 Å². The van der Waals surface area contributed by atoms with Gasteiger partial charge in [-0.15, -0.1) is 0 Å². The topological polar surface area (TPSA) is 50.9 Å². The summed E-state index contributed by atoms with van der Waals surface area (Å²) in [6.45, 7) is 0. The third-order valence-electron chi connectivity index (χ3n) is 2.17. The van der Waals surface area contributed by atoms with Gasteiger partial charge in [-0.3, -0.25) is 4.98 Å². The van der Waals surface area contributed by atoms with Crippen molar-refractivity contribution < 1.29 is 4.39 Å². The van der Waals surface area contributed by atoms with E-state index in [2.05, 4.69) is 26.2 Å². The highest BCUT2D eigenvalue weighted by Gasteiger charge is 2.09. The Morgan fingerprint density at radius 2 is 2.20 bits per heavy atom. The molecule has 3 nitrogen and oxygen atoms in total. The van der Waals surface area contributed by atoms with Crippen molar-refractivity contribution in [3.8, 4) is 0 Å². The largest absolute Gasteiger partial charge is 0.396 e. The number of hydrogen-bond donors (Lipinski definition) is 2. The van der Waals surface area contributed by atoms with Crippen LogP contribution in [0.5, 0.6) is 0 Å². The highest BCUT2D eigenvalue weighted by Crippen LogP contribution is 2.32. The van der Waals surface area contributed by atoms with Crippen LogP contribution in [0.1, 0.15) is 0 Å². The fourth-order valence-corrected chi connectivity index (χ4v) is 2.06. The summed E-state index contributed by atoms with van der Waals surface area (Å²) in [7, 11) is 1.74. The van der Waals surface area contributed by atoms with E-state index < -0.39 is 0 Å². The second-order valence-corrected chi connectivity index (χ2v) is 3.98. The number of nitrogens with two attached hydrogens (primary N) is 1. The van der Waals surface area contributed by atoms with Gasteiger partial charge in [0.1, 0.15) is 5.82 Å². The van der Waals surface area contributed by atoms with Crippen molar-refractivity contribution in [2.75, 3.05) is 18.1 Å². The van der Waals surface area contributed by atoms with Gasteiger partial charge in [0.2, 0.25) is 0 Å². The Morgan fingerprint density at radius 3 is 2.87 bits per heavy atom. The molecule has 0 saturated carbocycles. The molecule has 0 unspecified atom stereocenters. The zero-order valence-electron chi connectivity index (χ0n) is 8.01. The first-order valence-corrected chi connectivity index (χ1v) is 5.13. The van der Waals surface area contributed by atoms with Crippen molar-refractivity contribution in [2.24, 2.45) is 0 Å². The number of fused-ring (bicyclic) bond motifs is 1. The van der Waals surface area contributed by atoms with Crippen LogP contribution in [0.15, 0.2) is 22.8 Å². The number of pyridine rings is 1. The highest BCUT2D eigenvalue weighted by molar-refractivity contribution is 9.10. The third-order valence-corrected chi connectivity index (χ3v) is 2.77. The Bertz CT molecular complexity index is 528. The minimum absolute atomic E-state index is 0.321. The number of anilines is 2. The lowest BCUT2D eigenvalue weighted by Crippen LogP contribution is -1.98. The van der Waals surface area contributed by atoms with Gasteiger partial charge in [-0.1, -0.05) is 0 Å². The summed E-state index contributed by atoms with van der Waals surface area (Å²) in [6, 6.07) is 2.79. The summed E-state index contributed by atoms with van der Waals surface area (Å²) < 4.78 is 13.8. The standard InChI is InChI=1S/C10H9BrFN3/c1-14-10-6-2-5(12)3-7(11)9(6)15-4-8(10)13/h2-4H,13H2,1H3,(H,14,15). The third kappa shape index (κ3) is 1.63. The first-order valence-electron chi connectivity index (χ1n) is 4.34. The second-order valence-electron chi connectivity index (χ2n) is 3.12. The highest BCUT2D eigenvalue weighted by atomic mass is 79.9. The van der Waals surface area contributed by atoms with Crippen LogP contribution in [0.3, 0.4) is 0 Å². The number of hydrogen-bond acceptors (Lipinski definition) is 3. The summed E-state index contributed by atoms with van der Waals surface area (Å²) >= 11 is 3.26. The van der Waals surface area contributed by atoms with Crippen molar-refractivity contribution in [1.82, 2.24) is 4.98 Å². The van der Waals surface area contributed by atoms with Crippen LogP contribution >= 0.6 is 15.9 Å². The summed E-state index contributed by atoms with van der Waals surface area (Å²) in [5.74, 6) is -0.321. The van der Waals surface area contributed by atoms with Crippen LogP contribution in [0.25, 0.3) is 10.9 Å². The maximum atomic E-state index is 13.2. The molecule has 1 aromatic carbocycles. The van der Waals surface area contributed by atoms with E-state index in [1.807, 2.05) is 0 Å². The Hall–Kier alpha value is -1.36. The maximum absolute atomic E-state index is 13.2. The molecule has 0 atom stereocenters. The summed E-state index contributed by atoms with van der Waals surface area (Å²) in [4.78, 5) is 4.15. The Labute approximate surface area is 94.6 Å². The van der Waals surface area contributed by atoms with Crippen LogP contribution in [0, 0.1) is 5.82 Å². The van der Waals surface area contributed by atoms with Crippen molar-refractivity contribution in [1.29, 1.82) is 0 Å². The van der Waals surface area contributed by atoms with E-state index in [1.54, 1.807) is 13.2 Å². The van der Waals surface area contributed by atoms with Crippen LogP contribution in [0.4, 0.5) is 15.8 Å². The van der Waals surface area contributed by atoms with Gasteiger partial charge in [-0.25, -0.2) is 4.39 Å². The molecule has 0 aliphatic carbocycles. The lowest BCUT2D eigenvalue weighted by atomic mass is 10.1. The number of nitrogens with one attached hydrogen (secondary N) is 1. The molecule has 0 aliphatic heterocycles. The van der Waals surface area contributed by atoms with Gasteiger partial charge < -0.3 is 11.1 Å². The predicted octanol–water partition coefficient (Wildman–Crippen LogP) is 2.76. The molecule has 1 heterocycles. The molecule has 15 heavy (non-hydrogen) atoms. The zero-order valence-corrected chi connectivity index (χ0v) is 9.60. The van der Waals surface area contributed by atoms with E-state index in [9.17, 15) is 4.39 Å². The van der Waals surface area contributed by atoms with Crippen LogP contribution in [0.2, 0.25) is 0 Å². The lowest BCUT2D eigenvalue weighted by Gasteiger charge is -2.09. The maximum Gasteiger partial charge on any atom is 0.125 e. The van der Waals surface area contributed by atoms with Crippen molar-refractivity contribution in [3.63, 3.8) is 0 Å². The minimum atomic E-state index is -0.321. The van der Waals surface area contributed by atoms with Crippen molar-refractivity contribution >= 4 is 38.2 Å². The van der Waals surface area contributed by atoms with Crippen LogP contribution in [-0.2, 0) is 0 Å². The molecule has 0 amide bonds. The van der Waals surface area contributed by atoms with Gasteiger partial charge in [-0.2, -0.15) is 0 Å². The lowest BCUT2D eigenvalue weighted by molar-refractivity contribution is 0.629. The first-order chi connectivity index (χ1) is 7.13. The minimum Gasteiger partial charge on any atom is -0.396 e. The van der Waals surface area contributed by atoms with Gasteiger partial charge >= 0.3 is 0 Å². The van der Waals surface area contributed by atoms with Gasteiger partial charge in [0.05, 0.1) is 23.1 Å². The number of nitrogen functional groups attached to an aromatic ring is 1. The number of halogens is 2. The average Bonchev–Trinajstić information content (AvgIpc) is 2.17. The number of nitrogens with zero attached hydrogens (tertiary/aromatic N) is 1. The smallest absolute Gasteiger partial charge is 0.125 e. The van der Waals surface area contributed by atoms with Crippen LogP contribution < -0.4 is 11.1 Å². The SMILES string of the molecule is CNc1c(N)cnc2c(Br)cc(F)cc12. The van der Waals surface area contributed by atoms with Crippen molar-refractivity contribution in [2.45, 2.75) is 0 Å². The average molecular weight is 270 g/mol. The van der Waals surface area contributed by atoms with Crippen molar-refractivity contribution in [3.05, 3.63) is 28.6 Å². The molecule has 2 aromatic rings. The normalized spacial score (nSPS) is 10.6. The van der Waals surface area contributed by atoms with Crippen LogP contribution in [-0.4, -0.2) is 12.0 Å². The molecule has 0 saturated heterocycles. The summed E-state index contributed by atoms with van der Waals surface area (Å²) in [6.07, 6.45) is 1.55. The molecule has 78 valence electrons. The second kappa shape index (κ2) is 3.66. The van der Waals surface area contributed by atoms with Gasteiger partial charge in [-0.05, 0) is 28.1 Å². The fourth-order valence-electron chi connectivity index (χ4n) is 1.52. The van der Waals surface area contributed by atoms with E-state index >= 15 is 0 Å². The molecule has 1 aromatic heterocycles. The van der Waals surface area contributed by atoms with Gasteiger partial charge in [0.15, 0.2) is 0 Å². The molecule has 3 N–H and O–H groups in total. The quantitative estimate of drug-likeness (QED) is 0.837. The molecule has 0 radical (unpaired) electrons.